The Morgan fingerprint density at radius 3 is 2.45 bits per heavy atom. The van der Waals surface area contributed by atoms with Gasteiger partial charge in [0.2, 0.25) is 0 Å². The fourth-order valence-electron chi connectivity index (χ4n) is 3.95. The van der Waals surface area contributed by atoms with Crippen LogP contribution in [0.5, 0.6) is 5.75 Å². The van der Waals surface area contributed by atoms with E-state index in [9.17, 15) is 10.2 Å². The first kappa shape index (κ1) is 22.1. The van der Waals surface area contributed by atoms with Gasteiger partial charge in [-0.05, 0) is 24.3 Å². The second kappa shape index (κ2) is 11.0. The lowest BCUT2D eigenvalue weighted by molar-refractivity contribution is -0.909. The quantitative estimate of drug-likeness (QED) is 0.473. The molecule has 5 nitrogen and oxygen atoms in total. The molecule has 0 amide bonds. The minimum atomic E-state index is -0.500. The maximum atomic E-state index is 10.3. The Morgan fingerprint density at radius 2 is 1.76 bits per heavy atom. The first-order chi connectivity index (χ1) is 14.0. The molecular formula is C23H33ClN2O3+2. The number of hydrogen-bond donors (Lipinski definition) is 4. The molecule has 0 bridgehead atoms. The highest BCUT2D eigenvalue weighted by Gasteiger charge is 2.22. The zero-order chi connectivity index (χ0) is 20.6. The van der Waals surface area contributed by atoms with E-state index in [2.05, 4.69) is 25.2 Å². The highest BCUT2D eigenvalue weighted by Crippen LogP contribution is 2.13. The van der Waals surface area contributed by atoms with E-state index in [4.69, 9.17) is 16.3 Å². The van der Waals surface area contributed by atoms with Crippen LogP contribution >= 0.6 is 11.6 Å². The second-order valence-electron chi connectivity index (χ2n) is 8.24. The molecule has 6 heteroatoms. The molecule has 2 aromatic carbocycles. The fraction of sp³-hybridized carbons (Fsp3) is 0.478. The molecular weight excluding hydrogens is 388 g/mol. The second-order valence-corrected chi connectivity index (χ2v) is 8.67. The van der Waals surface area contributed by atoms with Gasteiger partial charge >= 0.3 is 0 Å². The molecule has 2 unspecified atom stereocenters. The van der Waals surface area contributed by atoms with Crippen LogP contribution in [0.15, 0.2) is 48.5 Å². The summed E-state index contributed by atoms with van der Waals surface area (Å²) in [5.74, 6) is 0.793. The molecule has 29 heavy (non-hydrogen) atoms. The Labute approximate surface area is 178 Å². The third kappa shape index (κ3) is 7.61. The third-order valence-electron chi connectivity index (χ3n) is 5.43. The summed E-state index contributed by atoms with van der Waals surface area (Å²) in [7, 11) is 2.16. The molecule has 0 radical (unpaired) electrons. The summed E-state index contributed by atoms with van der Waals surface area (Å²) < 4.78 is 5.85. The number of piperidine rings is 1. The summed E-state index contributed by atoms with van der Waals surface area (Å²) in [4.78, 5) is 2.70. The summed E-state index contributed by atoms with van der Waals surface area (Å²) in [6.07, 6.45) is 0.959. The van der Waals surface area contributed by atoms with Gasteiger partial charge in [0.15, 0.2) is 0 Å². The molecule has 1 aliphatic heterocycles. The summed E-state index contributed by atoms with van der Waals surface area (Å²) in [5.41, 5.74) is 2.42. The molecule has 158 valence electrons. The van der Waals surface area contributed by atoms with E-state index >= 15 is 0 Å². The van der Waals surface area contributed by atoms with Gasteiger partial charge in [0.25, 0.3) is 0 Å². The average molecular weight is 421 g/mol. The van der Waals surface area contributed by atoms with Gasteiger partial charge < -0.3 is 24.7 Å². The lowest BCUT2D eigenvalue weighted by Gasteiger charge is -2.28. The van der Waals surface area contributed by atoms with Crippen molar-refractivity contribution in [3.05, 3.63) is 64.7 Å². The zero-order valence-electron chi connectivity index (χ0n) is 17.1. The predicted octanol–water partition coefficient (Wildman–Crippen LogP) is 0.334. The largest absolute Gasteiger partial charge is 0.491 e. The average Bonchev–Trinajstić information content (AvgIpc) is 2.68. The molecule has 1 saturated heterocycles. The maximum absolute atomic E-state index is 10.3. The summed E-state index contributed by atoms with van der Waals surface area (Å²) >= 11 is 6.08. The zero-order valence-corrected chi connectivity index (χ0v) is 17.9. The number of aliphatic hydroxyl groups is 2. The Morgan fingerprint density at radius 1 is 1.10 bits per heavy atom. The number of ether oxygens (including phenoxy) is 1. The van der Waals surface area contributed by atoms with E-state index in [1.165, 1.54) is 20.9 Å². The molecule has 2 aromatic rings. The van der Waals surface area contributed by atoms with Crippen LogP contribution in [-0.2, 0) is 13.1 Å². The summed E-state index contributed by atoms with van der Waals surface area (Å²) in [6, 6.07) is 16.1. The molecule has 1 heterocycles. The van der Waals surface area contributed by atoms with Crippen LogP contribution in [0.3, 0.4) is 0 Å². The van der Waals surface area contributed by atoms with E-state index in [0.717, 1.165) is 49.8 Å². The third-order valence-corrected chi connectivity index (χ3v) is 5.66. The smallest absolute Gasteiger partial charge is 0.137 e. The lowest BCUT2D eigenvalue weighted by Crippen LogP contribution is -3.14. The number of nitrogens with one attached hydrogen (secondary N) is 2. The van der Waals surface area contributed by atoms with Crippen molar-refractivity contribution in [3.8, 4) is 5.75 Å². The van der Waals surface area contributed by atoms with Crippen molar-refractivity contribution >= 4 is 11.6 Å². The first-order valence-corrected chi connectivity index (χ1v) is 10.8. The van der Waals surface area contributed by atoms with Gasteiger partial charge in [0, 0.05) is 29.0 Å². The number of rotatable bonds is 9. The van der Waals surface area contributed by atoms with Crippen LogP contribution < -0.4 is 14.5 Å². The normalized spacial score (nSPS) is 21.5. The molecule has 0 aromatic heterocycles. The molecule has 0 spiro atoms. The van der Waals surface area contributed by atoms with Crippen LogP contribution in [0, 0.1) is 0 Å². The van der Waals surface area contributed by atoms with Gasteiger partial charge in [-0.3, -0.25) is 0 Å². The van der Waals surface area contributed by atoms with Crippen molar-refractivity contribution in [2.75, 3.05) is 33.3 Å². The van der Waals surface area contributed by atoms with Gasteiger partial charge in [0.1, 0.15) is 38.1 Å². The van der Waals surface area contributed by atoms with Crippen molar-refractivity contribution in [2.24, 2.45) is 0 Å². The predicted molar refractivity (Wildman–Crippen MR) is 114 cm³/mol. The summed E-state index contributed by atoms with van der Waals surface area (Å²) in [5, 5.41) is 20.7. The number of likely N-dealkylation sites (tertiary alicyclic amines) is 1. The molecule has 0 saturated carbocycles. The highest BCUT2D eigenvalue weighted by molar-refractivity contribution is 6.30. The lowest BCUT2D eigenvalue weighted by atomic mass is 10.1. The van der Waals surface area contributed by atoms with Crippen LogP contribution in [0.1, 0.15) is 24.0 Å². The molecule has 3 rings (SSSR count). The Kier molecular flexibility index (Phi) is 8.33. The van der Waals surface area contributed by atoms with Crippen molar-refractivity contribution in [1.29, 1.82) is 0 Å². The molecule has 2 atom stereocenters. The van der Waals surface area contributed by atoms with Gasteiger partial charge in [-0.1, -0.05) is 35.9 Å². The molecule has 4 N–H and O–H groups in total. The monoisotopic (exact) mass is 420 g/mol. The number of halogens is 1. The van der Waals surface area contributed by atoms with Gasteiger partial charge in [-0.2, -0.15) is 0 Å². The van der Waals surface area contributed by atoms with Crippen molar-refractivity contribution in [3.63, 3.8) is 0 Å². The number of quaternary nitrogens is 2. The van der Waals surface area contributed by atoms with E-state index in [1.54, 1.807) is 0 Å². The van der Waals surface area contributed by atoms with E-state index in [1.807, 2.05) is 30.3 Å². The Hall–Kier alpha value is -1.63. The minimum Gasteiger partial charge on any atom is -0.491 e. The van der Waals surface area contributed by atoms with Crippen LogP contribution in [0.2, 0.25) is 5.02 Å². The number of benzene rings is 2. The molecule has 0 aliphatic carbocycles. The minimum absolute atomic E-state index is 0.172. The van der Waals surface area contributed by atoms with Gasteiger partial charge in [0.05, 0.1) is 26.2 Å². The van der Waals surface area contributed by atoms with E-state index in [0.29, 0.717) is 13.2 Å². The van der Waals surface area contributed by atoms with Crippen LogP contribution in [0.25, 0.3) is 0 Å². The Bertz CT molecular complexity index is 765. The molecule has 1 aliphatic rings. The van der Waals surface area contributed by atoms with E-state index < -0.39 is 6.10 Å². The van der Waals surface area contributed by atoms with E-state index in [-0.39, 0.29) is 6.10 Å². The number of aliphatic hydroxyl groups excluding tert-OH is 2. The Balaban J connectivity index is 1.45. The van der Waals surface area contributed by atoms with Crippen LogP contribution in [0.4, 0.5) is 0 Å². The number of hydrogen-bond acceptors (Lipinski definition) is 3. The van der Waals surface area contributed by atoms with Crippen molar-refractivity contribution in [1.82, 2.24) is 0 Å². The van der Waals surface area contributed by atoms with Crippen LogP contribution in [-0.4, -0.2) is 55.7 Å². The van der Waals surface area contributed by atoms with Gasteiger partial charge in [-0.25, -0.2) is 0 Å². The first-order valence-electron chi connectivity index (χ1n) is 10.4. The highest BCUT2D eigenvalue weighted by atomic mass is 35.5. The van der Waals surface area contributed by atoms with Gasteiger partial charge in [-0.15, -0.1) is 0 Å². The SMILES string of the molecule is C[NH+](Cc1cccc(Cl)c1)Cc1cccc(OCC(O)C[NH+]2CCC(O)CC2)c1. The summed E-state index contributed by atoms with van der Waals surface area (Å²) in [6.45, 7) is 4.56. The fourth-order valence-corrected chi connectivity index (χ4v) is 4.16. The maximum Gasteiger partial charge on any atom is 0.137 e. The topological polar surface area (TPSA) is 58.6 Å². The van der Waals surface area contributed by atoms with Crippen molar-refractivity contribution in [2.45, 2.75) is 38.1 Å². The van der Waals surface area contributed by atoms with Crippen molar-refractivity contribution < 1.29 is 24.7 Å². The molecule has 1 fully saturated rings. The standard InChI is InChI=1S/C23H31ClN2O3/c1-25(14-18-4-2-6-20(24)12-18)15-19-5-3-7-23(13-19)29-17-22(28)16-26-10-8-21(27)9-11-26/h2-7,12-13,21-22,27-28H,8-11,14-17H2,1H3/p+2.